The first-order chi connectivity index (χ1) is 13.2. The third-order valence-electron chi connectivity index (χ3n) is 4.51. The SMILES string of the molecule is Nc1c(NNC(=O)c2cccnc2)ncnc1N1CCc2ccccc2C1. The molecule has 0 aliphatic carbocycles. The number of hydrogen-bond donors (Lipinski definition) is 3. The van der Waals surface area contributed by atoms with Crippen LogP contribution < -0.4 is 21.5 Å². The zero-order valence-corrected chi connectivity index (χ0v) is 14.6. The molecule has 0 bridgehead atoms. The van der Waals surface area contributed by atoms with Crippen LogP contribution in [0.1, 0.15) is 21.5 Å². The molecule has 8 nitrogen and oxygen atoms in total. The van der Waals surface area contributed by atoms with Crippen LogP contribution >= 0.6 is 0 Å². The predicted octanol–water partition coefficient (Wildman–Crippen LogP) is 1.77. The van der Waals surface area contributed by atoms with E-state index in [2.05, 4.69) is 48.9 Å². The number of nitrogen functional groups attached to an aromatic ring is 1. The van der Waals surface area contributed by atoms with Gasteiger partial charge >= 0.3 is 0 Å². The molecule has 0 saturated heterocycles. The normalized spacial score (nSPS) is 13.0. The van der Waals surface area contributed by atoms with Crippen LogP contribution in [0.15, 0.2) is 55.1 Å². The summed E-state index contributed by atoms with van der Waals surface area (Å²) in [6.45, 7) is 1.55. The average Bonchev–Trinajstić information content (AvgIpc) is 2.73. The molecule has 8 heteroatoms. The lowest BCUT2D eigenvalue weighted by Crippen LogP contribution is -2.33. The molecule has 4 rings (SSSR count). The molecule has 0 fully saturated rings. The molecule has 3 heterocycles. The van der Waals surface area contributed by atoms with E-state index in [-0.39, 0.29) is 5.91 Å². The van der Waals surface area contributed by atoms with E-state index in [4.69, 9.17) is 5.73 Å². The van der Waals surface area contributed by atoms with E-state index in [1.165, 1.54) is 23.7 Å². The van der Waals surface area contributed by atoms with E-state index < -0.39 is 0 Å². The second-order valence-corrected chi connectivity index (χ2v) is 6.22. The summed E-state index contributed by atoms with van der Waals surface area (Å²) >= 11 is 0. The van der Waals surface area contributed by atoms with Crippen molar-refractivity contribution in [3.63, 3.8) is 0 Å². The third kappa shape index (κ3) is 3.50. The van der Waals surface area contributed by atoms with Crippen LogP contribution in [0.25, 0.3) is 0 Å². The van der Waals surface area contributed by atoms with E-state index in [0.29, 0.717) is 22.9 Å². The summed E-state index contributed by atoms with van der Waals surface area (Å²) in [6.07, 6.45) is 5.46. The van der Waals surface area contributed by atoms with E-state index in [1.54, 1.807) is 18.3 Å². The van der Waals surface area contributed by atoms with Gasteiger partial charge in [-0.05, 0) is 29.7 Å². The van der Waals surface area contributed by atoms with Crippen molar-refractivity contribution in [1.29, 1.82) is 0 Å². The fourth-order valence-electron chi connectivity index (χ4n) is 3.10. The monoisotopic (exact) mass is 361 g/mol. The summed E-state index contributed by atoms with van der Waals surface area (Å²) < 4.78 is 0. The van der Waals surface area contributed by atoms with Gasteiger partial charge in [0.05, 0.1) is 5.56 Å². The first-order valence-corrected chi connectivity index (χ1v) is 8.61. The summed E-state index contributed by atoms with van der Waals surface area (Å²) in [6, 6.07) is 11.7. The molecule has 1 aliphatic heterocycles. The molecule has 0 saturated carbocycles. The number of hydrazine groups is 1. The molecule has 1 aromatic carbocycles. The Balaban J connectivity index is 1.49. The van der Waals surface area contributed by atoms with E-state index in [9.17, 15) is 4.79 Å². The van der Waals surface area contributed by atoms with Crippen molar-refractivity contribution in [1.82, 2.24) is 20.4 Å². The van der Waals surface area contributed by atoms with Crippen molar-refractivity contribution in [2.45, 2.75) is 13.0 Å². The first-order valence-electron chi connectivity index (χ1n) is 8.61. The van der Waals surface area contributed by atoms with Gasteiger partial charge in [-0.1, -0.05) is 24.3 Å². The minimum Gasteiger partial charge on any atom is -0.393 e. The molecule has 3 aromatic rings. The molecule has 0 radical (unpaired) electrons. The second kappa shape index (κ2) is 7.28. The van der Waals surface area contributed by atoms with E-state index in [1.807, 2.05) is 6.07 Å². The van der Waals surface area contributed by atoms with Crippen LogP contribution in [-0.2, 0) is 13.0 Å². The standard InChI is InChI=1S/C19H19N7O/c20-16-17(24-25-19(27)14-6-3-8-21-10-14)22-12-23-18(16)26-9-7-13-4-1-2-5-15(13)11-26/h1-6,8,10,12H,7,9,11,20H2,(H,25,27)(H,22,23,24). The maximum Gasteiger partial charge on any atom is 0.271 e. The molecule has 1 aliphatic rings. The highest BCUT2D eigenvalue weighted by Gasteiger charge is 2.20. The number of benzene rings is 1. The Bertz CT molecular complexity index is 961. The Morgan fingerprint density at radius 2 is 1.96 bits per heavy atom. The first kappa shape index (κ1) is 16.8. The highest BCUT2D eigenvalue weighted by molar-refractivity contribution is 5.94. The van der Waals surface area contributed by atoms with Crippen LogP contribution in [0.5, 0.6) is 0 Å². The Labute approximate surface area is 156 Å². The highest BCUT2D eigenvalue weighted by atomic mass is 16.2. The van der Waals surface area contributed by atoms with Crippen molar-refractivity contribution in [2.24, 2.45) is 0 Å². The Hall–Kier alpha value is -3.68. The van der Waals surface area contributed by atoms with Gasteiger partial charge in [-0.15, -0.1) is 0 Å². The number of amides is 1. The summed E-state index contributed by atoms with van der Waals surface area (Å²) in [5.74, 6) is 0.684. The van der Waals surface area contributed by atoms with Crippen LogP contribution in [0.4, 0.5) is 17.3 Å². The number of aromatic nitrogens is 3. The summed E-state index contributed by atoms with van der Waals surface area (Å²) in [7, 11) is 0. The lowest BCUT2D eigenvalue weighted by atomic mass is 10.00. The topological polar surface area (TPSA) is 109 Å². The van der Waals surface area contributed by atoms with Crippen LogP contribution in [0.3, 0.4) is 0 Å². The third-order valence-corrected chi connectivity index (χ3v) is 4.51. The molecule has 1 amide bonds. The number of carbonyl (C=O) groups excluding carboxylic acids is 1. The number of anilines is 3. The van der Waals surface area contributed by atoms with Gasteiger partial charge in [-0.2, -0.15) is 0 Å². The van der Waals surface area contributed by atoms with E-state index >= 15 is 0 Å². The summed E-state index contributed by atoms with van der Waals surface area (Å²) in [4.78, 5) is 26.7. The molecular weight excluding hydrogens is 342 g/mol. The molecule has 27 heavy (non-hydrogen) atoms. The van der Waals surface area contributed by atoms with Crippen LogP contribution in [0, 0.1) is 0 Å². The Kier molecular flexibility index (Phi) is 4.52. The predicted molar refractivity (Wildman–Crippen MR) is 103 cm³/mol. The fraction of sp³-hybridized carbons (Fsp3) is 0.158. The number of rotatable bonds is 4. The van der Waals surface area contributed by atoms with Gasteiger partial charge in [-0.3, -0.25) is 20.6 Å². The Morgan fingerprint density at radius 3 is 2.78 bits per heavy atom. The van der Waals surface area contributed by atoms with Crippen molar-refractivity contribution < 1.29 is 4.79 Å². The smallest absolute Gasteiger partial charge is 0.271 e. The van der Waals surface area contributed by atoms with Crippen molar-refractivity contribution in [3.8, 4) is 0 Å². The summed E-state index contributed by atoms with van der Waals surface area (Å²) in [5.41, 5.74) is 15.1. The number of nitrogens with zero attached hydrogens (tertiary/aromatic N) is 4. The maximum absolute atomic E-state index is 12.1. The molecule has 136 valence electrons. The van der Waals surface area contributed by atoms with Gasteiger partial charge in [0.15, 0.2) is 11.6 Å². The molecule has 2 aromatic heterocycles. The number of hydrogen-bond acceptors (Lipinski definition) is 7. The van der Waals surface area contributed by atoms with Gasteiger partial charge in [0.25, 0.3) is 5.91 Å². The minimum absolute atomic E-state index is 0.324. The number of nitrogens with two attached hydrogens (primary N) is 1. The zero-order valence-electron chi connectivity index (χ0n) is 14.6. The quantitative estimate of drug-likeness (QED) is 0.608. The largest absolute Gasteiger partial charge is 0.393 e. The van der Waals surface area contributed by atoms with Gasteiger partial charge in [0.2, 0.25) is 0 Å². The molecule has 0 unspecified atom stereocenters. The number of carbonyl (C=O) groups is 1. The fourth-order valence-corrected chi connectivity index (χ4v) is 3.10. The van der Waals surface area contributed by atoms with Crippen molar-refractivity contribution in [2.75, 3.05) is 22.6 Å². The van der Waals surface area contributed by atoms with Crippen molar-refractivity contribution in [3.05, 3.63) is 71.8 Å². The highest BCUT2D eigenvalue weighted by Crippen LogP contribution is 2.29. The molecule has 0 atom stereocenters. The van der Waals surface area contributed by atoms with Gasteiger partial charge in [0, 0.05) is 25.5 Å². The molecular formula is C19H19N7O. The van der Waals surface area contributed by atoms with E-state index in [0.717, 1.165) is 19.5 Å². The van der Waals surface area contributed by atoms with Crippen molar-refractivity contribution >= 4 is 23.2 Å². The lowest BCUT2D eigenvalue weighted by molar-refractivity contribution is 0.0962. The molecule has 0 spiro atoms. The summed E-state index contributed by atoms with van der Waals surface area (Å²) in [5, 5.41) is 0. The lowest BCUT2D eigenvalue weighted by Gasteiger charge is -2.30. The zero-order chi connectivity index (χ0) is 18.6. The number of nitrogens with one attached hydrogen (secondary N) is 2. The minimum atomic E-state index is -0.324. The number of pyridine rings is 1. The maximum atomic E-state index is 12.1. The van der Waals surface area contributed by atoms with Gasteiger partial charge < -0.3 is 10.6 Å². The van der Waals surface area contributed by atoms with Gasteiger partial charge in [-0.25, -0.2) is 9.97 Å². The second-order valence-electron chi connectivity index (χ2n) is 6.22. The van der Waals surface area contributed by atoms with Crippen LogP contribution in [-0.4, -0.2) is 27.4 Å². The van der Waals surface area contributed by atoms with Crippen LogP contribution in [0.2, 0.25) is 0 Å². The molecule has 4 N–H and O–H groups in total. The number of fused-ring (bicyclic) bond motifs is 1. The Morgan fingerprint density at radius 1 is 1.11 bits per heavy atom. The average molecular weight is 361 g/mol. The van der Waals surface area contributed by atoms with Gasteiger partial charge in [0.1, 0.15) is 12.0 Å².